The van der Waals surface area contributed by atoms with E-state index >= 15 is 0 Å². The summed E-state index contributed by atoms with van der Waals surface area (Å²) >= 11 is 1.33. The number of sulfonamides is 1. The molecule has 0 amide bonds. The number of nitrogens with two attached hydrogens (primary N) is 1. The minimum Gasteiger partial charge on any atom is -0.314 e. The Kier molecular flexibility index (Phi) is 4.46. The molecule has 8 heteroatoms. The van der Waals surface area contributed by atoms with Gasteiger partial charge in [-0.05, 0) is 23.6 Å². The number of thiophene rings is 1. The van der Waals surface area contributed by atoms with Crippen LogP contribution >= 0.6 is 11.3 Å². The van der Waals surface area contributed by atoms with Gasteiger partial charge in [0.05, 0.1) is 12.1 Å². The fourth-order valence-corrected chi connectivity index (χ4v) is 3.67. The quantitative estimate of drug-likeness (QED) is 0.857. The Morgan fingerprint density at radius 1 is 1.35 bits per heavy atom. The third kappa shape index (κ3) is 3.20. The van der Waals surface area contributed by atoms with Gasteiger partial charge in [0.15, 0.2) is 5.03 Å². The standard InChI is InChI=1S/C12H12N4O2S2/c13-8-9(14)12(10-4-3-7-19-10)16-20(17,18)11-5-1-2-6-15-11/h1-7,9,12,16H,14H2/t9-,12+/m0/s1. The molecular formula is C12H12N4O2S2. The van der Waals surface area contributed by atoms with Gasteiger partial charge in [0.1, 0.15) is 6.04 Å². The van der Waals surface area contributed by atoms with Gasteiger partial charge >= 0.3 is 0 Å². The first kappa shape index (κ1) is 14.6. The molecule has 3 N–H and O–H groups in total. The first-order valence-electron chi connectivity index (χ1n) is 5.66. The molecule has 0 fully saturated rings. The van der Waals surface area contributed by atoms with Gasteiger partial charge in [-0.2, -0.15) is 9.98 Å². The van der Waals surface area contributed by atoms with Crippen molar-refractivity contribution in [3.8, 4) is 6.07 Å². The second kappa shape index (κ2) is 6.11. The molecule has 0 saturated heterocycles. The number of rotatable bonds is 5. The zero-order chi connectivity index (χ0) is 14.6. The van der Waals surface area contributed by atoms with Gasteiger partial charge in [-0.3, -0.25) is 0 Å². The minimum absolute atomic E-state index is 0.105. The summed E-state index contributed by atoms with van der Waals surface area (Å²) in [5.74, 6) is 0. The summed E-state index contributed by atoms with van der Waals surface area (Å²) in [6.45, 7) is 0. The molecule has 0 aliphatic rings. The van der Waals surface area contributed by atoms with Gasteiger partial charge in [-0.25, -0.2) is 13.4 Å². The zero-order valence-electron chi connectivity index (χ0n) is 10.3. The second-order valence-electron chi connectivity index (χ2n) is 3.94. The topological polar surface area (TPSA) is 109 Å². The summed E-state index contributed by atoms with van der Waals surface area (Å²) in [4.78, 5) is 4.48. The predicted octanol–water partition coefficient (Wildman–Crippen LogP) is 1.01. The number of hydrogen-bond donors (Lipinski definition) is 2. The van der Waals surface area contributed by atoms with Crippen molar-refractivity contribution in [1.29, 1.82) is 5.26 Å². The molecule has 0 unspecified atom stereocenters. The SMILES string of the molecule is N#C[C@H](N)[C@@H](NS(=O)(=O)c1ccccn1)c1cccs1. The van der Waals surface area contributed by atoms with E-state index in [0.29, 0.717) is 4.88 Å². The molecule has 6 nitrogen and oxygen atoms in total. The molecule has 2 atom stereocenters. The molecule has 0 radical (unpaired) electrons. The summed E-state index contributed by atoms with van der Waals surface area (Å²) in [5, 5.41) is 10.6. The van der Waals surface area contributed by atoms with Crippen molar-refractivity contribution in [3.63, 3.8) is 0 Å². The zero-order valence-corrected chi connectivity index (χ0v) is 11.9. The fourth-order valence-electron chi connectivity index (χ4n) is 1.58. The van der Waals surface area contributed by atoms with Crippen molar-refractivity contribution in [2.24, 2.45) is 5.73 Å². The summed E-state index contributed by atoms with van der Waals surface area (Å²) in [5.41, 5.74) is 5.69. The maximum Gasteiger partial charge on any atom is 0.258 e. The maximum absolute atomic E-state index is 12.2. The van der Waals surface area contributed by atoms with Crippen LogP contribution in [0.3, 0.4) is 0 Å². The highest BCUT2D eigenvalue weighted by Crippen LogP contribution is 2.23. The number of pyridine rings is 1. The van der Waals surface area contributed by atoms with Crippen molar-refractivity contribution < 1.29 is 8.42 Å². The minimum atomic E-state index is -3.83. The highest BCUT2D eigenvalue weighted by Gasteiger charge is 2.27. The lowest BCUT2D eigenvalue weighted by atomic mass is 10.1. The number of nitrogens with zero attached hydrogens (tertiary/aromatic N) is 2. The summed E-state index contributed by atoms with van der Waals surface area (Å²) < 4.78 is 26.9. The fraction of sp³-hybridized carbons (Fsp3) is 0.167. The van der Waals surface area contributed by atoms with Crippen LogP contribution in [0.25, 0.3) is 0 Å². The average molecular weight is 308 g/mol. The molecule has 2 aromatic rings. The van der Waals surface area contributed by atoms with E-state index in [-0.39, 0.29) is 5.03 Å². The molecule has 0 spiro atoms. The Labute approximate surface area is 120 Å². The highest BCUT2D eigenvalue weighted by molar-refractivity contribution is 7.89. The van der Waals surface area contributed by atoms with E-state index in [0.717, 1.165) is 0 Å². The Bertz CT molecular complexity index is 693. The smallest absolute Gasteiger partial charge is 0.258 e. The Balaban J connectivity index is 2.32. The molecule has 20 heavy (non-hydrogen) atoms. The Morgan fingerprint density at radius 3 is 2.70 bits per heavy atom. The maximum atomic E-state index is 12.2. The highest BCUT2D eigenvalue weighted by atomic mass is 32.2. The Hall–Kier alpha value is -1.79. The van der Waals surface area contributed by atoms with E-state index in [1.165, 1.54) is 23.6 Å². The van der Waals surface area contributed by atoms with Gasteiger partial charge in [0.2, 0.25) is 0 Å². The molecule has 2 aromatic heterocycles. The van der Waals surface area contributed by atoms with Gasteiger partial charge in [-0.15, -0.1) is 11.3 Å². The van der Waals surface area contributed by atoms with Crippen molar-refractivity contribution in [1.82, 2.24) is 9.71 Å². The molecule has 0 bridgehead atoms. The van der Waals surface area contributed by atoms with Crippen LogP contribution in [-0.2, 0) is 10.0 Å². The number of aromatic nitrogens is 1. The summed E-state index contributed by atoms with van der Waals surface area (Å²) in [6, 6.07) is 8.16. The van der Waals surface area contributed by atoms with E-state index in [1.807, 2.05) is 6.07 Å². The van der Waals surface area contributed by atoms with Crippen molar-refractivity contribution in [2.75, 3.05) is 0 Å². The number of nitriles is 1. The van der Waals surface area contributed by atoms with Crippen molar-refractivity contribution in [2.45, 2.75) is 17.1 Å². The normalized spacial score (nSPS) is 14.4. The molecule has 0 aliphatic heterocycles. The lowest BCUT2D eigenvalue weighted by molar-refractivity contribution is 0.538. The third-order valence-corrected chi connectivity index (χ3v) is 4.86. The van der Waals surface area contributed by atoms with Gasteiger partial charge < -0.3 is 5.73 Å². The van der Waals surface area contributed by atoms with E-state index in [2.05, 4.69) is 9.71 Å². The first-order valence-corrected chi connectivity index (χ1v) is 8.03. The van der Waals surface area contributed by atoms with E-state index in [4.69, 9.17) is 11.0 Å². The van der Waals surface area contributed by atoms with Gasteiger partial charge in [-0.1, -0.05) is 12.1 Å². The number of hydrogen-bond acceptors (Lipinski definition) is 6. The van der Waals surface area contributed by atoms with Crippen LogP contribution < -0.4 is 10.5 Å². The Morgan fingerprint density at radius 2 is 2.15 bits per heavy atom. The van der Waals surface area contributed by atoms with Crippen LogP contribution in [0.5, 0.6) is 0 Å². The van der Waals surface area contributed by atoms with E-state index in [1.54, 1.807) is 29.6 Å². The second-order valence-corrected chi connectivity index (χ2v) is 6.58. The molecule has 0 aliphatic carbocycles. The van der Waals surface area contributed by atoms with Gasteiger partial charge in [0, 0.05) is 11.1 Å². The molecule has 0 saturated carbocycles. The molecule has 2 rings (SSSR count). The molecule has 0 aromatic carbocycles. The van der Waals surface area contributed by atoms with Crippen LogP contribution in [-0.4, -0.2) is 19.4 Å². The first-order chi connectivity index (χ1) is 9.54. The van der Waals surface area contributed by atoms with Crippen LogP contribution in [0.15, 0.2) is 46.9 Å². The lowest BCUT2D eigenvalue weighted by Crippen LogP contribution is -2.39. The monoisotopic (exact) mass is 308 g/mol. The van der Waals surface area contributed by atoms with Gasteiger partial charge in [0.25, 0.3) is 10.0 Å². The van der Waals surface area contributed by atoms with Crippen molar-refractivity contribution >= 4 is 21.4 Å². The molecule has 2 heterocycles. The molecular weight excluding hydrogens is 296 g/mol. The van der Waals surface area contributed by atoms with Crippen LogP contribution in [0.1, 0.15) is 10.9 Å². The van der Waals surface area contributed by atoms with Crippen LogP contribution in [0.4, 0.5) is 0 Å². The largest absolute Gasteiger partial charge is 0.314 e. The molecule has 104 valence electrons. The predicted molar refractivity (Wildman–Crippen MR) is 75.2 cm³/mol. The average Bonchev–Trinajstić information content (AvgIpc) is 2.99. The van der Waals surface area contributed by atoms with Crippen LogP contribution in [0.2, 0.25) is 0 Å². The number of nitrogens with one attached hydrogen (secondary N) is 1. The van der Waals surface area contributed by atoms with Crippen molar-refractivity contribution in [3.05, 3.63) is 46.8 Å². The lowest BCUT2D eigenvalue weighted by Gasteiger charge is -2.18. The van der Waals surface area contributed by atoms with E-state index in [9.17, 15) is 8.42 Å². The third-order valence-electron chi connectivity index (χ3n) is 2.55. The van der Waals surface area contributed by atoms with Crippen LogP contribution in [0, 0.1) is 11.3 Å². The van der Waals surface area contributed by atoms with E-state index < -0.39 is 22.1 Å². The summed E-state index contributed by atoms with van der Waals surface area (Å²) in [7, 11) is -3.83. The summed E-state index contributed by atoms with van der Waals surface area (Å²) in [6.07, 6.45) is 1.39.